The molecule has 2 unspecified atom stereocenters. The Kier molecular flexibility index (Phi) is 3.66. The topological polar surface area (TPSA) is 51.0 Å². The fourth-order valence-electron chi connectivity index (χ4n) is 2.61. The van der Waals surface area contributed by atoms with Gasteiger partial charge in [-0.2, -0.15) is 4.98 Å². The van der Waals surface area contributed by atoms with E-state index < -0.39 is 0 Å². The summed E-state index contributed by atoms with van der Waals surface area (Å²) < 4.78 is 5.39. The standard InChI is InChI=1S/C12H19N3OS/c1-3-9(8-13-5-1)7-11-14-12(16-15-11)10-4-2-6-17-10/h9-10,13H,1-8H2. The molecule has 2 atom stereocenters. The summed E-state index contributed by atoms with van der Waals surface area (Å²) in [5, 5.41) is 8.01. The van der Waals surface area contributed by atoms with Crippen molar-refractivity contribution in [3.63, 3.8) is 0 Å². The maximum atomic E-state index is 5.39. The van der Waals surface area contributed by atoms with Gasteiger partial charge in [0.15, 0.2) is 5.82 Å². The molecule has 2 fully saturated rings. The predicted molar refractivity (Wildman–Crippen MR) is 68.0 cm³/mol. The third kappa shape index (κ3) is 2.83. The molecule has 3 heterocycles. The van der Waals surface area contributed by atoms with Crippen LogP contribution in [-0.4, -0.2) is 29.0 Å². The number of nitrogens with zero attached hydrogens (tertiary/aromatic N) is 2. The van der Waals surface area contributed by atoms with Crippen molar-refractivity contribution >= 4 is 11.8 Å². The molecule has 2 saturated heterocycles. The van der Waals surface area contributed by atoms with Crippen LogP contribution in [0.25, 0.3) is 0 Å². The number of nitrogens with one attached hydrogen (secondary N) is 1. The van der Waals surface area contributed by atoms with Crippen LogP contribution in [-0.2, 0) is 6.42 Å². The molecule has 2 aliphatic heterocycles. The van der Waals surface area contributed by atoms with Crippen LogP contribution in [0.3, 0.4) is 0 Å². The van der Waals surface area contributed by atoms with Crippen LogP contribution in [0, 0.1) is 5.92 Å². The Morgan fingerprint density at radius 2 is 2.35 bits per heavy atom. The largest absolute Gasteiger partial charge is 0.338 e. The number of rotatable bonds is 3. The van der Waals surface area contributed by atoms with Gasteiger partial charge in [-0.3, -0.25) is 0 Å². The first-order valence-electron chi connectivity index (χ1n) is 6.56. The number of piperidine rings is 1. The molecule has 3 rings (SSSR count). The van der Waals surface area contributed by atoms with Gasteiger partial charge in [0.05, 0.1) is 5.25 Å². The fourth-order valence-corrected chi connectivity index (χ4v) is 3.80. The summed E-state index contributed by atoms with van der Waals surface area (Å²) in [5.74, 6) is 3.67. The normalized spacial score (nSPS) is 29.6. The molecule has 0 aliphatic carbocycles. The van der Waals surface area contributed by atoms with Gasteiger partial charge in [-0.1, -0.05) is 5.16 Å². The Morgan fingerprint density at radius 3 is 3.12 bits per heavy atom. The molecule has 0 amide bonds. The third-order valence-electron chi connectivity index (χ3n) is 3.56. The smallest absolute Gasteiger partial charge is 0.239 e. The van der Waals surface area contributed by atoms with Gasteiger partial charge in [0, 0.05) is 6.42 Å². The van der Waals surface area contributed by atoms with Crippen LogP contribution < -0.4 is 5.32 Å². The summed E-state index contributed by atoms with van der Waals surface area (Å²) >= 11 is 1.95. The Bertz CT molecular complexity index is 356. The van der Waals surface area contributed by atoms with Crippen molar-refractivity contribution in [1.29, 1.82) is 0 Å². The van der Waals surface area contributed by atoms with Crippen molar-refractivity contribution in [3.05, 3.63) is 11.7 Å². The van der Waals surface area contributed by atoms with Crippen LogP contribution in [0.4, 0.5) is 0 Å². The van der Waals surface area contributed by atoms with Gasteiger partial charge in [-0.25, -0.2) is 0 Å². The second-order valence-corrected chi connectivity index (χ2v) is 6.28. The van der Waals surface area contributed by atoms with Gasteiger partial charge in [-0.15, -0.1) is 11.8 Å². The second kappa shape index (κ2) is 5.40. The van der Waals surface area contributed by atoms with Gasteiger partial charge >= 0.3 is 0 Å². The molecular formula is C12H19N3OS. The molecule has 94 valence electrons. The molecule has 0 bridgehead atoms. The van der Waals surface area contributed by atoms with E-state index in [-0.39, 0.29) is 0 Å². The maximum Gasteiger partial charge on any atom is 0.239 e. The number of hydrogen-bond donors (Lipinski definition) is 1. The highest BCUT2D eigenvalue weighted by molar-refractivity contribution is 7.99. The van der Waals surface area contributed by atoms with E-state index in [4.69, 9.17) is 4.52 Å². The molecular weight excluding hydrogens is 234 g/mol. The van der Waals surface area contributed by atoms with E-state index >= 15 is 0 Å². The maximum absolute atomic E-state index is 5.39. The van der Waals surface area contributed by atoms with Gasteiger partial charge in [-0.05, 0) is 50.4 Å². The van der Waals surface area contributed by atoms with E-state index in [1.807, 2.05) is 11.8 Å². The van der Waals surface area contributed by atoms with Crippen LogP contribution in [0.5, 0.6) is 0 Å². The zero-order valence-electron chi connectivity index (χ0n) is 10.0. The van der Waals surface area contributed by atoms with Crippen LogP contribution in [0.2, 0.25) is 0 Å². The molecule has 1 aromatic rings. The zero-order chi connectivity index (χ0) is 11.5. The van der Waals surface area contributed by atoms with Gasteiger partial charge in [0.1, 0.15) is 0 Å². The summed E-state index contributed by atoms with van der Waals surface area (Å²) in [7, 11) is 0. The first-order valence-corrected chi connectivity index (χ1v) is 7.61. The summed E-state index contributed by atoms with van der Waals surface area (Å²) in [6.45, 7) is 2.26. The van der Waals surface area contributed by atoms with E-state index in [1.165, 1.54) is 31.4 Å². The Labute approximate surface area is 106 Å². The lowest BCUT2D eigenvalue weighted by Gasteiger charge is -2.20. The van der Waals surface area contributed by atoms with Gasteiger partial charge in [0.25, 0.3) is 0 Å². The van der Waals surface area contributed by atoms with E-state index in [1.54, 1.807) is 0 Å². The van der Waals surface area contributed by atoms with E-state index in [9.17, 15) is 0 Å². The minimum Gasteiger partial charge on any atom is -0.338 e. The lowest BCUT2D eigenvalue weighted by Crippen LogP contribution is -2.31. The van der Waals surface area contributed by atoms with E-state index in [0.29, 0.717) is 11.2 Å². The van der Waals surface area contributed by atoms with Gasteiger partial charge in [0.2, 0.25) is 5.89 Å². The van der Waals surface area contributed by atoms with Crippen molar-refractivity contribution in [2.24, 2.45) is 5.92 Å². The van der Waals surface area contributed by atoms with Crippen LogP contribution in [0.15, 0.2) is 4.52 Å². The quantitative estimate of drug-likeness (QED) is 0.894. The fraction of sp³-hybridized carbons (Fsp3) is 0.833. The summed E-state index contributed by atoms with van der Waals surface area (Å²) in [6, 6.07) is 0. The summed E-state index contributed by atoms with van der Waals surface area (Å²) in [5.41, 5.74) is 0. The minimum atomic E-state index is 0.459. The monoisotopic (exact) mass is 253 g/mol. The van der Waals surface area contributed by atoms with Crippen molar-refractivity contribution < 1.29 is 4.52 Å². The lowest BCUT2D eigenvalue weighted by molar-refractivity contribution is 0.348. The summed E-state index contributed by atoms with van der Waals surface area (Å²) in [6.07, 6.45) is 5.99. The zero-order valence-corrected chi connectivity index (χ0v) is 10.8. The highest BCUT2D eigenvalue weighted by Gasteiger charge is 2.24. The average molecular weight is 253 g/mol. The molecule has 4 nitrogen and oxygen atoms in total. The summed E-state index contributed by atoms with van der Waals surface area (Å²) in [4.78, 5) is 4.56. The molecule has 0 spiro atoms. The molecule has 0 saturated carbocycles. The number of thioether (sulfide) groups is 1. The van der Waals surface area contributed by atoms with Crippen molar-refractivity contribution in [1.82, 2.24) is 15.5 Å². The van der Waals surface area contributed by atoms with Crippen LogP contribution >= 0.6 is 11.8 Å². The van der Waals surface area contributed by atoms with Crippen molar-refractivity contribution in [3.8, 4) is 0 Å². The Hall–Kier alpha value is -0.550. The van der Waals surface area contributed by atoms with Crippen molar-refractivity contribution in [2.75, 3.05) is 18.8 Å². The van der Waals surface area contributed by atoms with E-state index in [2.05, 4.69) is 15.5 Å². The molecule has 2 aliphatic rings. The average Bonchev–Trinajstić information content (AvgIpc) is 3.00. The number of aromatic nitrogens is 2. The SMILES string of the molecule is C1CNCC(Cc2noc(C3CCCS3)n2)C1. The predicted octanol–water partition coefficient (Wildman–Crippen LogP) is 2.18. The van der Waals surface area contributed by atoms with Gasteiger partial charge < -0.3 is 9.84 Å². The molecule has 0 aromatic carbocycles. The molecule has 0 radical (unpaired) electrons. The highest BCUT2D eigenvalue weighted by Crippen LogP contribution is 2.38. The molecule has 1 N–H and O–H groups in total. The first-order chi connectivity index (χ1) is 8.42. The number of hydrogen-bond acceptors (Lipinski definition) is 5. The van der Waals surface area contributed by atoms with Crippen molar-refractivity contribution in [2.45, 2.75) is 37.4 Å². The third-order valence-corrected chi connectivity index (χ3v) is 4.92. The molecule has 17 heavy (non-hydrogen) atoms. The Balaban J connectivity index is 1.59. The second-order valence-electron chi connectivity index (χ2n) is 4.97. The molecule has 5 heteroatoms. The van der Waals surface area contributed by atoms with Crippen LogP contribution in [0.1, 0.15) is 42.6 Å². The molecule has 1 aromatic heterocycles. The lowest BCUT2D eigenvalue weighted by atomic mass is 9.96. The highest BCUT2D eigenvalue weighted by atomic mass is 32.2. The minimum absolute atomic E-state index is 0.459. The van der Waals surface area contributed by atoms with E-state index in [0.717, 1.165) is 31.2 Å². The Morgan fingerprint density at radius 1 is 1.35 bits per heavy atom. The first kappa shape index (κ1) is 11.5.